The second kappa shape index (κ2) is 9.47. The van der Waals surface area contributed by atoms with Gasteiger partial charge in [0.25, 0.3) is 0 Å². The molecule has 4 fully saturated rings. The highest BCUT2D eigenvalue weighted by Gasteiger charge is 2.66. The predicted molar refractivity (Wildman–Crippen MR) is 130 cm³/mol. The second-order valence-electron chi connectivity index (χ2n) is 12.6. The molecule has 11 atom stereocenters. The fraction of sp³-hybridized carbons (Fsp3) is 0.897. The molecule has 5 heteroatoms. The lowest BCUT2D eigenvalue weighted by atomic mass is 9.41. The first kappa shape index (κ1) is 25.5. The van der Waals surface area contributed by atoms with Gasteiger partial charge in [0.1, 0.15) is 12.2 Å². The van der Waals surface area contributed by atoms with Crippen molar-refractivity contribution < 1.29 is 19.1 Å². The van der Waals surface area contributed by atoms with Crippen molar-refractivity contribution in [2.75, 3.05) is 0 Å². The van der Waals surface area contributed by atoms with Crippen molar-refractivity contribution in [1.82, 2.24) is 0 Å². The molecular formula is C29H45NO4. The lowest BCUT2D eigenvalue weighted by Crippen LogP contribution is -2.63. The Morgan fingerprint density at radius 2 is 1.62 bits per heavy atom. The van der Waals surface area contributed by atoms with Crippen LogP contribution in [0.3, 0.4) is 0 Å². The largest absolute Gasteiger partial charge is 0.463 e. The summed E-state index contributed by atoms with van der Waals surface area (Å²) in [5.74, 6) is 2.79. The van der Waals surface area contributed by atoms with Gasteiger partial charge < -0.3 is 9.47 Å². The molecule has 4 saturated carbocycles. The van der Waals surface area contributed by atoms with Gasteiger partial charge in [-0.3, -0.25) is 9.59 Å². The minimum atomic E-state index is -0.191. The van der Waals surface area contributed by atoms with E-state index >= 15 is 0 Å². The van der Waals surface area contributed by atoms with Gasteiger partial charge in [-0.1, -0.05) is 27.7 Å². The highest BCUT2D eigenvalue weighted by atomic mass is 16.5. The molecule has 4 aliphatic carbocycles. The van der Waals surface area contributed by atoms with Gasteiger partial charge >= 0.3 is 11.9 Å². The minimum Gasteiger partial charge on any atom is -0.463 e. The molecule has 0 bridgehead atoms. The van der Waals surface area contributed by atoms with Crippen molar-refractivity contribution >= 4 is 11.9 Å². The number of rotatable bonds is 5. The van der Waals surface area contributed by atoms with Crippen molar-refractivity contribution in [2.24, 2.45) is 52.3 Å². The van der Waals surface area contributed by atoms with E-state index in [2.05, 4.69) is 33.8 Å². The first-order valence-corrected chi connectivity index (χ1v) is 13.8. The zero-order valence-electron chi connectivity index (χ0n) is 22.1. The quantitative estimate of drug-likeness (QED) is 0.440. The summed E-state index contributed by atoms with van der Waals surface area (Å²) in [4.78, 5) is 24.1. The smallest absolute Gasteiger partial charge is 0.302 e. The van der Waals surface area contributed by atoms with Gasteiger partial charge in [-0.15, -0.1) is 0 Å². The number of carbonyl (C=O) groups is 2. The molecule has 0 heterocycles. The molecule has 34 heavy (non-hydrogen) atoms. The Labute approximate surface area is 206 Å². The predicted octanol–water partition coefficient (Wildman–Crippen LogP) is 6.30. The normalized spacial score (nSPS) is 46.3. The lowest BCUT2D eigenvalue weighted by Gasteiger charge is -2.65. The van der Waals surface area contributed by atoms with E-state index in [1.54, 1.807) is 6.92 Å². The third kappa shape index (κ3) is 4.07. The van der Waals surface area contributed by atoms with Crippen molar-refractivity contribution in [2.45, 2.75) is 112 Å². The van der Waals surface area contributed by atoms with Gasteiger partial charge in [-0.2, -0.15) is 5.26 Å². The maximum atomic E-state index is 12.4. The fourth-order valence-corrected chi connectivity index (χ4v) is 9.87. The number of esters is 2. The standard InChI is InChI=1S/C29H45NO4/c1-7-21-25-16-20(33-18(3)31)10-13-29(25,6)24-11-14-28(5)22(17(2)12-15-30)8-9-23(28)26(24)27(21)34-19(4)32/h17,20-27H,7-14,16H2,1-6H3/t17-,20-,21-,22?,23+,24?,25+,26+,27-,28?,29-/m1/s1. The third-order valence-corrected chi connectivity index (χ3v) is 11.1. The topological polar surface area (TPSA) is 76.4 Å². The number of ether oxygens (including phenoxy) is 2. The number of nitrogens with zero attached hydrogens (tertiary/aromatic N) is 1. The van der Waals surface area contributed by atoms with Crippen LogP contribution in [0, 0.1) is 63.6 Å². The van der Waals surface area contributed by atoms with Crippen LogP contribution >= 0.6 is 0 Å². The van der Waals surface area contributed by atoms with Crippen LogP contribution < -0.4 is 0 Å². The van der Waals surface area contributed by atoms with E-state index in [9.17, 15) is 14.9 Å². The first-order chi connectivity index (χ1) is 16.1. The molecule has 0 amide bonds. The van der Waals surface area contributed by atoms with E-state index in [1.165, 1.54) is 32.6 Å². The van der Waals surface area contributed by atoms with E-state index in [1.807, 2.05) is 0 Å². The maximum Gasteiger partial charge on any atom is 0.302 e. The van der Waals surface area contributed by atoms with Gasteiger partial charge in [-0.25, -0.2) is 0 Å². The van der Waals surface area contributed by atoms with Crippen LogP contribution in [-0.2, 0) is 19.1 Å². The van der Waals surface area contributed by atoms with E-state index < -0.39 is 0 Å². The van der Waals surface area contributed by atoms with Gasteiger partial charge in [0.05, 0.1) is 6.07 Å². The van der Waals surface area contributed by atoms with Crippen molar-refractivity contribution in [1.29, 1.82) is 5.26 Å². The molecule has 0 aromatic carbocycles. The van der Waals surface area contributed by atoms with E-state index in [4.69, 9.17) is 9.47 Å². The van der Waals surface area contributed by atoms with Crippen LogP contribution in [0.15, 0.2) is 0 Å². The van der Waals surface area contributed by atoms with E-state index in [0.717, 1.165) is 25.7 Å². The molecule has 0 aliphatic heterocycles. The summed E-state index contributed by atoms with van der Waals surface area (Å²) in [6.45, 7) is 12.6. The Morgan fingerprint density at radius 3 is 2.24 bits per heavy atom. The van der Waals surface area contributed by atoms with E-state index in [0.29, 0.717) is 47.8 Å². The molecule has 0 aromatic rings. The summed E-state index contributed by atoms with van der Waals surface area (Å²) >= 11 is 0. The average molecular weight is 472 g/mol. The fourth-order valence-electron chi connectivity index (χ4n) is 9.87. The Bertz CT molecular complexity index is 834. The molecule has 4 aliphatic rings. The zero-order valence-corrected chi connectivity index (χ0v) is 22.1. The monoisotopic (exact) mass is 471 g/mol. The maximum absolute atomic E-state index is 12.4. The van der Waals surface area contributed by atoms with Crippen LogP contribution in [0.2, 0.25) is 0 Å². The summed E-state index contributed by atoms with van der Waals surface area (Å²) in [7, 11) is 0. The summed E-state index contributed by atoms with van der Waals surface area (Å²) in [6.07, 6.45) is 9.19. The Kier molecular flexibility index (Phi) is 7.11. The average Bonchev–Trinajstić information content (AvgIpc) is 3.11. The van der Waals surface area contributed by atoms with Gasteiger partial charge in [-0.05, 0) is 97.7 Å². The second-order valence-corrected chi connectivity index (χ2v) is 12.6. The van der Waals surface area contributed by atoms with Crippen LogP contribution in [0.25, 0.3) is 0 Å². The summed E-state index contributed by atoms with van der Waals surface area (Å²) in [5.41, 5.74) is 0.405. The number of hydrogen-bond acceptors (Lipinski definition) is 5. The molecule has 5 nitrogen and oxygen atoms in total. The highest BCUT2D eigenvalue weighted by molar-refractivity contribution is 5.66. The van der Waals surface area contributed by atoms with Crippen LogP contribution in [-0.4, -0.2) is 24.1 Å². The number of hydrogen-bond donors (Lipinski definition) is 0. The Morgan fingerprint density at radius 1 is 0.971 bits per heavy atom. The Balaban J connectivity index is 1.71. The molecular weight excluding hydrogens is 426 g/mol. The summed E-state index contributed by atoms with van der Waals surface area (Å²) < 4.78 is 12.0. The lowest BCUT2D eigenvalue weighted by molar-refractivity contribution is -0.219. The summed E-state index contributed by atoms with van der Waals surface area (Å²) in [6, 6.07) is 2.42. The van der Waals surface area contributed by atoms with Gasteiger partial charge in [0.2, 0.25) is 0 Å². The molecule has 4 rings (SSSR count). The molecule has 3 unspecified atom stereocenters. The molecule has 0 radical (unpaired) electrons. The summed E-state index contributed by atoms with van der Waals surface area (Å²) in [5, 5.41) is 9.37. The molecule has 0 spiro atoms. The van der Waals surface area contributed by atoms with Crippen LogP contribution in [0.4, 0.5) is 0 Å². The minimum absolute atomic E-state index is 0.0179. The molecule has 190 valence electrons. The number of carbonyl (C=O) groups excluding carboxylic acids is 2. The molecule has 0 saturated heterocycles. The number of fused-ring (bicyclic) bond motifs is 5. The SMILES string of the molecule is CC[C@H]1[C@@H](OC(C)=O)[C@@H]2C(CCC3(C)C([C@H](C)CC#N)CC[C@@H]23)[C@@]2(C)CC[C@@H](OC(C)=O)C[C@@H]12. The van der Waals surface area contributed by atoms with Gasteiger partial charge in [0.15, 0.2) is 0 Å². The van der Waals surface area contributed by atoms with Crippen LogP contribution in [0.5, 0.6) is 0 Å². The third-order valence-electron chi connectivity index (χ3n) is 11.1. The van der Waals surface area contributed by atoms with Gasteiger partial charge in [0, 0.05) is 26.2 Å². The van der Waals surface area contributed by atoms with Crippen molar-refractivity contribution in [3.63, 3.8) is 0 Å². The Hall–Kier alpha value is -1.57. The molecule has 0 aromatic heterocycles. The zero-order chi connectivity index (χ0) is 24.8. The van der Waals surface area contributed by atoms with Crippen molar-refractivity contribution in [3.8, 4) is 6.07 Å². The first-order valence-electron chi connectivity index (χ1n) is 13.8. The molecule has 0 N–H and O–H groups in total. The number of nitriles is 1. The highest BCUT2D eigenvalue weighted by Crippen LogP contribution is 2.70. The van der Waals surface area contributed by atoms with Crippen LogP contribution in [0.1, 0.15) is 99.3 Å². The van der Waals surface area contributed by atoms with Crippen molar-refractivity contribution in [3.05, 3.63) is 0 Å². The van der Waals surface area contributed by atoms with E-state index in [-0.39, 0.29) is 35.0 Å².